The van der Waals surface area contributed by atoms with Crippen molar-refractivity contribution < 1.29 is 9.53 Å². The summed E-state index contributed by atoms with van der Waals surface area (Å²) in [5.41, 5.74) is 0.216. The average molecular weight is 361 g/mol. The first-order chi connectivity index (χ1) is 9.86. The minimum atomic E-state index is -0.472. The number of hydrogen-bond donors (Lipinski definition) is 2. The van der Waals surface area contributed by atoms with Crippen LogP contribution in [-0.4, -0.2) is 41.5 Å². The molecule has 8 heteroatoms. The Morgan fingerprint density at radius 2 is 2.14 bits per heavy atom. The van der Waals surface area contributed by atoms with Crippen molar-refractivity contribution >= 4 is 27.5 Å². The van der Waals surface area contributed by atoms with Gasteiger partial charge in [-0.15, -0.1) is 0 Å². The first-order valence-corrected chi connectivity index (χ1v) is 7.47. The third-order valence-electron chi connectivity index (χ3n) is 2.69. The van der Waals surface area contributed by atoms with Crippen LogP contribution in [0, 0.1) is 0 Å². The van der Waals surface area contributed by atoms with Gasteiger partial charge in [-0.05, 0) is 36.7 Å². The van der Waals surface area contributed by atoms with E-state index in [2.05, 4.69) is 31.7 Å². The Hall–Kier alpha value is -1.41. The summed E-state index contributed by atoms with van der Waals surface area (Å²) in [4.78, 5) is 23.9. The van der Waals surface area contributed by atoms with Gasteiger partial charge >= 0.3 is 0 Å². The van der Waals surface area contributed by atoms with E-state index in [9.17, 15) is 9.59 Å². The molecule has 1 aromatic heterocycles. The smallest absolute Gasteiger partial charge is 0.283 e. The number of halogens is 1. The van der Waals surface area contributed by atoms with Gasteiger partial charge in [0, 0.05) is 13.2 Å². The maximum Gasteiger partial charge on any atom is 0.283 e. The Morgan fingerprint density at radius 3 is 2.71 bits per heavy atom. The normalized spacial score (nSPS) is 12.3. The van der Waals surface area contributed by atoms with Crippen molar-refractivity contribution in [3.05, 3.63) is 21.0 Å². The van der Waals surface area contributed by atoms with Crippen LogP contribution in [0.5, 0.6) is 0 Å². The summed E-state index contributed by atoms with van der Waals surface area (Å²) in [7, 11) is 1.56. The van der Waals surface area contributed by atoms with E-state index in [0.29, 0.717) is 23.3 Å². The molecule has 0 saturated heterocycles. The highest BCUT2D eigenvalue weighted by atomic mass is 79.9. The molecule has 118 valence electrons. The van der Waals surface area contributed by atoms with E-state index in [-0.39, 0.29) is 17.5 Å². The third-order valence-corrected chi connectivity index (χ3v) is 3.45. The van der Waals surface area contributed by atoms with Gasteiger partial charge in [-0.2, -0.15) is 5.10 Å². The number of anilines is 1. The molecule has 0 bridgehead atoms. The molecule has 1 aromatic rings. The minimum absolute atomic E-state index is 0.0605. The second kappa shape index (κ2) is 8.14. The van der Waals surface area contributed by atoms with Crippen LogP contribution in [-0.2, 0) is 16.1 Å². The van der Waals surface area contributed by atoms with Crippen LogP contribution in [0.2, 0.25) is 0 Å². The molecule has 0 spiro atoms. The summed E-state index contributed by atoms with van der Waals surface area (Å²) >= 11 is 3.24. The summed E-state index contributed by atoms with van der Waals surface area (Å²) in [5.74, 6) is -0.138. The molecular weight excluding hydrogens is 340 g/mol. The van der Waals surface area contributed by atoms with Gasteiger partial charge in [0.25, 0.3) is 5.56 Å². The Morgan fingerprint density at radius 1 is 1.48 bits per heavy atom. The second-order valence-corrected chi connectivity index (χ2v) is 5.72. The molecule has 0 fully saturated rings. The lowest BCUT2D eigenvalue weighted by Crippen LogP contribution is -2.41. The molecule has 0 aliphatic rings. The zero-order valence-electron chi connectivity index (χ0n) is 12.6. The zero-order chi connectivity index (χ0) is 16.0. The molecule has 1 amide bonds. The number of rotatable bonds is 7. The fraction of sp³-hybridized carbons (Fsp3) is 0.615. The van der Waals surface area contributed by atoms with E-state index in [1.165, 1.54) is 10.9 Å². The van der Waals surface area contributed by atoms with Gasteiger partial charge in [-0.1, -0.05) is 0 Å². The van der Waals surface area contributed by atoms with Crippen molar-refractivity contribution in [2.75, 3.05) is 19.0 Å². The Bertz CT molecular complexity index is 545. The van der Waals surface area contributed by atoms with Gasteiger partial charge in [-0.3, -0.25) is 9.59 Å². The van der Waals surface area contributed by atoms with Crippen LogP contribution in [0.3, 0.4) is 0 Å². The fourth-order valence-electron chi connectivity index (χ4n) is 1.61. The van der Waals surface area contributed by atoms with E-state index in [0.717, 1.165) is 0 Å². The molecule has 0 radical (unpaired) electrons. The van der Waals surface area contributed by atoms with Crippen LogP contribution < -0.4 is 16.2 Å². The van der Waals surface area contributed by atoms with Gasteiger partial charge in [0.2, 0.25) is 5.91 Å². The highest BCUT2D eigenvalue weighted by Crippen LogP contribution is 2.17. The molecule has 2 N–H and O–H groups in total. The highest BCUT2D eigenvalue weighted by Gasteiger charge is 2.16. The summed E-state index contributed by atoms with van der Waals surface area (Å²) in [6, 6.07) is -0.412. The van der Waals surface area contributed by atoms with E-state index >= 15 is 0 Å². The number of carbonyl (C=O) groups excluding carboxylic acids is 1. The van der Waals surface area contributed by atoms with Crippen molar-refractivity contribution in [2.24, 2.45) is 0 Å². The van der Waals surface area contributed by atoms with Crippen LogP contribution in [0.25, 0.3) is 0 Å². The van der Waals surface area contributed by atoms with Gasteiger partial charge in [0.15, 0.2) is 0 Å². The van der Waals surface area contributed by atoms with Crippen molar-refractivity contribution in [3.8, 4) is 0 Å². The number of nitrogens with zero attached hydrogens (tertiary/aromatic N) is 2. The van der Waals surface area contributed by atoms with Gasteiger partial charge in [0.1, 0.15) is 10.5 Å². The minimum Gasteiger partial charge on any atom is -0.383 e. The first kappa shape index (κ1) is 17.6. The van der Waals surface area contributed by atoms with Crippen LogP contribution in [0.1, 0.15) is 20.8 Å². The largest absolute Gasteiger partial charge is 0.383 e. The predicted octanol–water partition coefficient (Wildman–Crippen LogP) is 0.977. The summed E-state index contributed by atoms with van der Waals surface area (Å²) in [6.45, 7) is 6.27. The molecule has 1 unspecified atom stereocenters. The lowest BCUT2D eigenvalue weighted by molar-refractivity contribution is -0.122. The topological polar surface area (TPSA) is 85.2 Å². The quantitative estimate of drug-likeness (QED) is 0.756. The fourth-order valence-corrected chi connectivity index (χ4v) is 2.03. The van der Waals surface area contributed by atoms with E-state index in [1.807, 2.05) is 13.8 Å². The molecule has 1 atom stereocenters. The number of carbonyl (C=O) groups is 1. The number of hydrogen-bond acceptors (Lipinski definition) is 5. The SMILES string of the molecule is COCCn1ncc(NC(C)C(=O)NC(C)C)c(Br)c1=O. The van der Waals surface area contributed by atoms with Crippen molar-refractivity contribution in [1.29, 1.82) is 0 Å². The van der Waals surface area contributed by atoms with Crippen molar-refractivity contribution in [2.45, 2.75) is 39.4 Å². The molecule has 0 aliphatic carbocycles. The van der Waals surface area contributed by atoms with E-state index in [1.54, 1.807) is 14.0 Å². The third kappa shape index (κ3) is 5.13. The van der Waals surface area contributed by atoms with E-state index < -0.39 is 6.04 Å². The summed E-state index contributed by atoms with van der Waals surface area (Å²) in [6.07, 6.45) is 1.51. The molecule has 0 saturated carbocycles. The average Bonchev–Trinajstić information content (AvgIpc) is 2.42. The number of aromatic nitrogens is 2. The predicted molar refractivity (Wildman–Crippen MR) is 84.4 cm³/mol. The van der Waals surface area contributed by atoms with Gasteiger partial charge < -0.3 is 15.4 Å². The van der Waals surface area contributed by atoms with Crippen LogP contribution in [0.4, 0.5) is 5.69 Å². The zero-order valence-corrected chi connectivity index (χ0v) is 14.2. The number of amides is 1. The Labute approximate surface area is 132 Å². The van der Waals surface area contributed by atoms with Crippen molar-refractivity contribution in [3.63, 3.8) is 0 Å². The van der Waals surface area contributed by atoms with Crippen LogP contribution in [0.15, 0.2) is 15.5 Å². The Balaban J connectivity index is 2.83. The monoisotopic (exact) mass is 360 g/mol. The number of nitrogens with one attached hydrogen (secondary N) is 2. The first-order valence-electron chi connectivity index (χ1n) is 6.68. The maximum atomic E-state index is 12.1. The van der Waals surface area contributed by atoms with Gasteiger partial charge in [-0.25, -0.2) is 4.68 Å². The standard InChI is InChI=1S/C13H21BrN4O3/c1-8(2)16-12(19)9(3)17-10-7-15-18(5-6-21-4)13(20)11(10)14/h7-9,17H,5-6H2,1-4H3,(H,16,19). The molecule has 21 heavy (non-hydrogen) atoms. The highest BCUT2D eigenvalue weighted by molar-refractivity contribution is 9.10. The second-order valence-electron chi connectivity index (χ2n) is 4.92. The molecule has 0 aromatic carbocycles. The summed E-state index contributed by atoms with van der Waals surface area (Å²) < 4.78 is 6.57. The molecular formula is C13H21BrN4O3. The molecule has 0 aliphatic heterocycles. The number of methoxy groups -OCH3 is 1. The van der Waals surface area contributed by atoms with Crippen LogP contribution >= 0.6 is 15.9 Å². The van der Waals surface area contributed by atoms with E-state index in [4.69, 9.17) is 4.74 Å². The lowest BCUT2D eigenvalue weighted by atomic mass is 10.2. The summed E-state index contributed by atoms with van der Waals surface area (Å²) in [5, 5.41) is 9.82. The molecule has 1 rings (SSSR count). The van der Waals surface area contributed by atoms with Crippen molar-refractivity contribution in [1.82, 2.24) is 15.1 Å². The maximum absolute atomic E-state index is 12.1. The van der Waals surface area contributed by atoms with Gasteiger partial charge in [0.05, 0.1) is 25.0 Å². The molecule has 1 heterocycles. The lowest BCUT2D eigenvalue weighted by Gasteiger charge is -2.17. The molecule has 7 nitrogen and oxygen atoms in total. The Kier molecular flexibility index (Phi) is 6.83. The number of ether oxygens (including phenoxy) is 1.